The second-order valence-corrected chi connectivity index (χ2v) is 9.71. The van der Waals surface area contributed by atoms with Gasteiger partial charge in [-0.05, 0) is 54.4 Å². The van der Waals surface area contributed by atoms with Crippen LogP contribution < -0.4 is 15.6 Å². The van der Waals surface area contributed by atoms with E-state index in [9.17, 15) is 9.90 Å². The highest BCUT2D eigenvalue weighted by Crippen LogP contribution is 2.30. The molecule has 156 valence electrons. The Morgan fingerprint density at radius 3 is 2.60 bits per heavy atom. The lowest BCUT2D eigenvalue weighted by Gasteiger charge is -2.37. The van der Waals surface area contributed by atoms with Crippen molar-refractivity contribution in [3.05, 3.63) is 52.3 Å². The fourth-order valence-corrected chi connectivity index (χ4v) is 6.00. The highest BCUT2D eigenvalue weighted by atomic mass is 32.1. The number of benzene rings is 1. The van der Waals surface area contributed by atoms with Crippen molar-refractivity contribution in [1.82, 2.24) is 13.7 Å². The molecule has 2 N–H and O–H groups in total. The molecule has 3 aromatic heterocycles. The SMILES string of the molecule is Cc1ccn2sc3nc(Nc4ccc(N5CCN(C(O)S)CC5)cc4)sc3c(=O)c12. The van der Waals surface area contributed by atoms with Crippen LogP contribution in [-0.4, -0.2) is 50.5 Å². The number of aliphatic hydroxyl groups excluding tert-OH is 1. The van der Waals surface area contributed by atoms with Crippen molar-refractivity contribution in [1.29, 1.82) is 0 Å². The summed E-state index contributed by atoms with van der Waals surface area (Å²) in [6, 6.07) is 10.2. The number of nitrogens with one attached hydrogen (secondary N) is 1. The lowest BCUT2D eigenvalue weighted by molar-refractivity contribution is 0.0726. The van der Waals surface area contributed by atoms with E-state index in [2.05, 4.69) is 40.0 Å². The van der Waals surface area contributed by atoms with Crippen LogP contribution in [-0.2, 0) is 0 Å². The van der Waals surface area contributed by atoms with Gasteiger partial charge in [0, 0.05) is 43.8 Å². The van der Waals surface area contributed by atoms with Crippen LogP contribution in [0.25, 0.3) is 15.0 Å². The Hall–Kier alpha value is -2.11. The van der Waals surface area contributed by atoms with Crippen molar-refractivity contribution in [3.8, 4) is 0 Å². The normalized spacial score (nSPS) is 16.4. The minimum atomic E-state index is -0.694. The first-order valence-electron chi connectivity index (χ1n) is 9.63. The van der Waals surface area contributed by atoms with Gasteiger partial charge in [-0.3, -0.25) is 13.5 Å². The zero-order valence-corrected chi connectivity index (χ0v) is 18.8. The predicted octanol–water partition coefficient (Wildman–Crippen LogP) is 3.35. The van der Waals surface area contributed by atoms with Crippen LogP contribution in [0.1, 0.15) is 5.56 Å². The third-order valence-corrected chi connectivity index (χ3v) is 7.78. The molecular formula is C20H21N5O2S3. The van der Waals surface area contributed by atoms with E-state index in [-0.39, 0.29) is 5.43 Å². The maximum Gasteiger partial charge on any atom is 0.224 e. The number of thiol groups is 1. The summed E-state index contributed by atoms with van der Waals surface area (Å²) in [5.41, 5.74) is 3.15. The van der Waals surface area contributed by atoms with Gasteiger partial charge in [0.25, 0.3) is 0 Å². The first kappa shape index (κ1) is 19.8. The van der Waals surface area contributed by atoms with Gasteiger partial charge in [-0.2, -0.15) is 0 Å². The zero-order chi connectivity index (χ0) is 20.8. The largest absolute Gasteiger partial charge is 0.369 e. The van der Waals surface area contributed by atoms with Crippen molar-refractivity contribution >= 4 is 67.1 Å². The van der Waals surface area contributed by atoms with Gasteiger partial charge in [-0.1, -0.05) is 11.3 Å². The van der Waals surface area contributed by atoms with Crippen molar-refractivity contribution < 1.29 is 5.11 Å². The Bertz CT molecular complexity index is 1250. The van der Waals surface area contributed by atoms with Gasteiger partial charge in [0.1, 0.15) is 10.2 Å². The van der Waals surface area contributed by atoms with Crippen LogP contribution in [0.5, 0.6) is 0 Å². The summed E-state index contributed by atoms with van der Waals surface area (Å²) in [6.45, 7) is 5.22. The van der Waals surface area contributed by atoms with E-state index in [1.807, 2.05) is 40.0 Å². The molecule has 7 nitrogen and oxygen atoms in total. The monoisotopic (exact) mass is 459 g/mol. The fourth-order valence-electron chi connectivity index (χ4n) is 3.72. The smallest absolute Gasteiger partial charge is 0.224 e. The molecule has 0 spiro atoms. The Balaban J connectivity index is 1.34. The molecule has 0 bridgehead atoms. The van der Waals surface area contributed by atoms with Gasteiger partial charge >= 0.3 is 0 Å². The summed E-state index contributed by atoms with van der Waals surface area (Å²) in [6.07, 6.45) is 1.91. The second-order valence-electron chi connectivity index (χ2n) is 7.29. The minimum Gasteiger partial charge on any atom is -0.369 e. The maximum atomic E-state index is 12.8. The second kappa shape index (κ2) is 7.86. The Morgan fingerprint density at radius 1 is 1.17 bits per heavy atom. The number of hydrogen-bond acceptors (Lipinski definition) is 9. The van der Waals surface area contributed by atoms with Crippen LogP contribution in [0.3, 0.4) is 0 Å². The number of aromatic nitrogens is 2. The number of nitrogens with zero attached hydrogens (tertiary/aromatic N) is 4. The molecule has 4 aromatic rings. The standard InChI is InChI=1S/C20H21N5O2S3/c1-12-6-7-25-15(12)16(26)17-18(30-25)22-19(29-17)21-13-2-4-14(5-3-13)23-8-10-24(11-9-23)20(27)28/h2-7,20,27-28H,8-11H2,1H3,(H,21,22). The quantitative estimate of drug-likeness (QED) is 0.321. The maximum absolute atomic E-state index is 12.8. The van der Waals surface area contributed by atoms with Crippen molar-refractivity contribution in [3.63, 3.8) is 0 Å². The van der Waals surface area contributed by atoms with Gasteiger partial charge in [-0.15, -0.1) is 12.6 Å². The van der Waals surface area contributed by atoms with E-state index >= 15 is 0 Å². The minimum absolute atomic E-state index is 0.0395. The highest BCUT2D eigenvalue weighted by Gasteiger charge is 2.20. The molecule has 0 aliphatic carbocycles. The van der Waals surface area contributed by atoms with Gasteiger partial charge in [0.15, 0.2) is 15.5 Å². The molecule has 1 fully saturated rings. The Labute approximate surface area is 186 Å². The van der Waals surface area contributed by atoms with Crippen molar-refractivity contribution in [2.75, 3.05) is 36.4 Å². The summed E-state index contributed by atoms with van der Waals surface area (Å²) < 4.78 is 2.59. The van der Waals surface area contributed by atoms with Gasteiger partial charge < -0.3 is 15.3 Å². The number of rotatable bonds is 4. The average molecular weight is 460 g/mol. The molecule has 1 saturated heterocycles. The van der Waals surface area contributed by atoms with Gasteiger partial charge in [-0.25, -0.2) is 4.98 Å². The Morgan fingerprint density at radius 2 is 1.90 bits per heavy atom. The van der Waals surface area contributed by atoms with E-state index < -0.39 is 5.56 Å². The van der Waals surface area contributed by atoms with Crippen molar-refractivity contribution in [2.24, 2.45) is 0 Å². The molecule has 1 aromatic carbocycles. The molecule has 1 unspecified atom stereocenters. The van der Waals surface area contributed by atoms with Crippen molar-refractivity contribution in [2.45, 2.75) is 12.5 Å². The number of anilines is 3. The molecule has 1 atom stereocenters. The van der Waals surface area contributed by atoms with E-state index in [0.29, 0.717) is 9.83 Å². The average Bonchev–Trinajstić information content (AvgIpc) is 3.32. The summed E-state index contributed by atoms with van der Waals surface area (Å²) in [4.78, 5) is 22.4. The highest BCUT2D eigenvalue weighted by molar-refractivity contribution is 7.80. The molecule has 0 saturated carbocycles. The first-order valence-corrected chi connectivity index (χ1v) is 11.7. The summed E-state index contributed by atoms with van der Waals surface area (Å²) in [5.74, 6) is 0. The van der Waals surface area contributed by atoms with E-state index in [1.54, 1.807) is 0 Å². The number of piperazine rings is 1. The van der Waals surface area contributed by atoms with Crippen LogP contribution in [0.15, 0.2) is 41.3 Å². The molecule has 0 amide bonds. The van der Waals surface area contributed by atoms with Gasteiger partial charge in [0.05, 0.1) is 0 Å². The third kappa shape index (κ3) is 3.58. The lowest BCUT2D eigenvalue weighted by atomic mass is 10.2. The molecule has 10 heteroatoms. The van der Waals surface area contributed by atoms with Crippen LogP contribution in [0, 0.1) is 6.92 Å². The van der Waals surface area contributed by atoms with E-state index in [0.717, 1.165) is 53.5 Å². The molecule has 30 heavy (non-hydrogen) atoms. The molecule has 1 aliphatic rings. The Kier molecular flexibility index (Phi) is 5.19. The molecule has 5 rings (SSSR count). The lowest BCUT2D eigenvalue weighted by Crippen LogP contribution is -2.49. The van der Waals surface area contributed by atoms with E-state index in [1.165, 1.54) is 22.9 Å². The topological polar surface area (TPSA) is 73.1 Å². The molecule has 1 aliphatic heterocycles. The molecular weight excluding hydrogens is 438 g/mol. The third-order valence-electron chi connectivity index (χ3n) is 5.38. The van der Waals surface area contributed by atoms with Crippen LogP contribution in [0.4, 0.5) is 16.5 Å². The van der Waals surface area contributed by atoms with Crippen LogP contribution >= 0.6 is 35.5 Å². The summed E-state index contributed by atoms with van der Waals surface area (Å²) in [5, 5.41) is 13.6. The predicted molar refractivity (Wildman–Crippen MR) is 128 cm³/mol. The summed E-state index contributed by atoms with van der Waals surface area (Å²) in [7, 11) is 0. The number of fused-ring (bicyclic) bond motifs is 2. The summed E-state index contributed by atoms with van der Waals surface area (Å²) >= 11 is 6.97. The number of thiazole rings is 1. The molecule has 4 heterocycles. The van der Waals surface area contributed by atoms with Crippen LogP contribution in [0.2, 0.25) is 0 Å². The van der Waals surface area contributed by atoms with E-state index in [4.69, 9.17) is 0 Å². The molecule has 0 radical (unpaired) electrons. The fraction of sp³-hybridized carbons (Fsp3) is 0.300. The van der Waals surface area contributed by atoms with Gasteiger partial charge in [0.2, 0.25) is 5.43 Å². The number of aliphatic hydroxyl groups is 1. The number of aryl methyl sites for hydroxylation is 1. The first-order chi connectivity index (χ1) is 14.5. The zero-order valence-electron chi connectivity index (χ0n) is 16.3. The number of hydrogen-bond donors (Lipinski definition) is 3.